The first-order chi connectivity index (χ1) is 8.95. The predicted molar refractivity (Wildman–Crippen MR) is 82.5 cm³/mol. The molecule has 0 saturated carbocycles. The molecule has 0 spiro atoms. The van der Waals surface area contributed by atoms with Crippen LogP contribution < -0.4 is 5.32 Å². The number of carbonyl (C=O) groups is 1. The van der Waals surface area contributed by atoms with Crippen LogP contribution in [0.1, 0.15) is 32.4 Å². The molecule has 1 amide bonds. The summed E-state index contributed by atoms with van der Waals surface area (Å²) in [6, 6.07) is 8.93. The predicted octanol–water partition coefficient (Wildman–Crippen LogP) is 2.93. The molecule has 1 atom stereocenters. The molecular weight excluding hydrogens is 256 g/mol. The van der Waals surface area contributed by atoms with Gasteiger partial charge >= 0.3 is 0 Å². The molecule has 0 fully saturated rings. The second kappa shape index (κ2) is 7.56. The first-order valence-electron chi connectivity index (χ1n) is 6.61. The van der Waals surface area contributed by atoms with Crippen molar-refractivity contribution in [1.29, 1.82) is 0 Å². The molecule has 0 aliphatic carbocycles. The molecule has 0 heterocycles. The number of nitrogens with one attached hydrogen (secondary N) is 1. The van der Waals surface area contributed by atoms with Gasteiger partial charge in [-0.15, -0.1) is 11.8 Å². The van der Waals surface area contributed by atoms with E-state index in [0.717, 1.165) is 4.90 Å². The molecule has 0 aliphatic heterocycles. The summed E-state index contributed by atoms with van der Waals surface area (Å²) in [5.74, 6) is 0.665. The maximum Gasteiger partial charge on any atom is 0.232 e. The second-order valence-electron chi connectivity index (χ2n) is 4.97. The molecule has 1 aromatic carbocycles. The zero-order valence-corrected chi connectivity index (χ0v) is 13.3. The van der Waals surface area contributed by atoms with Crippen LogP contribution in [0.3, 0.4) is 0 Å². The standard InChI is InChI=1S/C15H24N2OS/c1-11(2)17(5)15(18)10-19-14-8-6-7-13(9-14)12(3)16-4/h6-9,11-12,16H,10H2,1-5H3. The van der Waals surface area contributed by atoms with Gasteiger partial charge in [0.1, 0.15) is 0 Å². The number of thioether (sulfide) groups is 1. The smallest absolute Gasteiger partial charge is 0.232 e. The van der Waals surface area contributed by atoms with E-state index in [2.05, 4.69) is 30.4 Å². The van der Waals surface area contributed by atoms with Crippen LogP contribution in [0.4, 0.5) is 0 Å². The molecule has 1 aromatic rings. The van der Waals surface area contributed by atoms with Crippen LogP contribution in [0.15, 0.2) is 29.2 Å². The average molecular weight is 280 g/mol. The third kappa shape index (κ3) is 4.88. The summed E-state index contributed by atoms with van der Waals surface area (Å²) in [6.45, 7) is 6.18. The third-order valence-corrected chi connectivity index (χ3v) is 4.30. The van der Waals surface area contributed by atoms with Crippen LogP contribution in [-0.2, 0) is 4.79 Å². The summed E-state index contributed by atoms with van der Waals surface area (Å²) in [4.78, 5) is 14.9. The molecule has 1 rings (SSSR count). The molecule has 106 valence electrons. The summed E-state index contributed by atoms with van der Waals surface area (Å²) < 4.78 is 0. The van der Waals surface area contributed by atoms with E-state index in [4.69, 9.17) is 0 Å². The zero-order chi connectivity index (χ0) is 14.4. The monoisotopic (exact) mass is 280 g/mol. The summed E-state index contributed by atoms with van der Waals surface area (Å²) in [5.41, 5.74) is 1.25. The van der Waals surface area contributed by atoms with E-state index in [1.165, 1.54) is 5.56 Å². The van der Waals surface area contributed by atoms with Gasteiger partial charge in [-0.2, -0.15) is 0 Å². The van der Waals surface area contributed by atoms with Crippen LogP contribution in [0.5, 0.6) is 0 Å². The fourth-order valence-corrected chi connectivity index (χ4v) is 2.46. The largest absolute Gasteiger partial charge is 0.343 e. The Labute approximate surface area is 120 Å². The molecule has 1 N–H and O–H groups in total. The summed E-state index contributed by atoms with van der Waals surface area (Å²) in [6.07, 6.45) is 0. The molecule has 0 aliphatic rings. The Bertz CT molecular complexity index is 420. The lowest BCUT2D eigenvalue weighted by atomic mass is 10.1. The average Bonchev–Trinajstić information content (AvgIpc) is 2.43. The minimum atomic E-state index is 0.173. The van der Waals surface area contributed by atoms with Crippen molar-refractivity contribution >= 4 is 17.7 Å². The Hall–Kier alpha value is -1.00. The molecule has 0 aromatic heterocycles. The first kappa shape index (κ1) is 16.1. The summed E-state index contributed by atoms with van der Waals surface area (Å²) in [5, 5.41) is 3.22. The number of hydrogen-bond acceptors (Lipinski definition) is 3. The highest BCUT2D eigenvalue weighted by Crippen LogP contribution is 2.22. The molecule has 1 unspecified atom stereocenters. The van der Waals surface area contributed by atoms with Gasteiger partial charge in [-0.05, 0) is 45.5 Å². The number of amides is 1. The number of nitrogens with zero attached hydrogens (tertiary/aromatic N) is 1. The quantitative estimate of drug-likeness (QED) is 0.813. The third-order valence-electron chi connectivity index (χ3n) is 3.32. The van der Waals surface area contributed by atoms with Gasteiger partial charge in [0.05, 0.1) is 5.75 Å². The fraction of sp³-hybridized carbons (Fsp3) is 0.533. The maximum absolute atomic E-state index is 11.9. The first-order valence-corrected chi connectivity index (χ1v) is 7.60. The lowest BCUT2D eigenvalue weighted by Gasteiger charge is -2.21. The number of rotatable bonds is 6. The van der Waals surface area contributed by atoms with Crippen molar-refractivity contribution in [2.24, 2.45) is 0 Å². The number of hydrogen-bond donors (Lipinski definition) is 1. The van der Waals surface area contributed by atoms with Gasteiger partial charge in [0.15, 0.2) is 0 Å². The molecular formula is C15H24N2OS. The van der Waals surface area contributed by atoms with Crippen molar-refractivity contribution in [3.63, 3.8) is 0 Å². The van der Waals surface area contributed by atoms with E-state index in [-0.39, 0.29) is 11.9 Å². The van der Waals surface area contributed by atoms with E-state index in [0.29, 0.717) is 11.8 Å². The molecule has 3 nitrogen and oxygen atoms in total. The Morgan fingerprint density at radius 3 is 2.63 bits per heavy atom. The van der Waals surface area contributed by atoms with Crippen molar-refractivity contribution < 1.29 is 4.79 Å². The van der Waals surface area contributed by atoms with Crippen molar-refractivity contribution in [3.05, 3.63) is 29.8 Å². The van der Waals surface area contributed by atoms with Gasteiger partial charge in [0, 0.05) is 24.0 Å². The van der Waals surface area contributed by atoms with E-state index in [1.54, 1.807) is 16.7 Å². The lowest BCUT2D eigenvalue weighted by Crippen LogP contribution is -2.34. The maximum atomic E-state index is 11.9. The van der Waals surface area contributed by atoms with E-state index in [1.807, 2.05) is 34.0 Å². The van der Waals surface area contributed by atoms with E-state index in [9.17, 15) is 4.79 Å². The van der Waals surface area contributed by atoms with Gasteiger partial charge in [-0.1, -0.05) is 12.1 Å². The van der Waals surface area contributed by atoms with Crippen molar-refractivity contribution in [2.45, 2.75) is 37.8 Å². The second-order valence-corrected chi connectivity index (χ2v) is 6.02. The van der Waals surface area contributed by atoms with Crippen molar-refractivity contribution in [3.8, 4) is 0 Å². The van der Waals surface area contributed by atoms with Crippen LogP contribution in [0.2, 0.25) is 0 Å². The number of benzene rings is 1. The topological polar surface area (TPSA) is 32.3 Å². The molecule has 4 heteroatoms. The van der Waals surface area contributed by atoms with E-state index < -0.39 is 0 Å². The molecule has 0 bridgehead atoms. The highest BCUT2D eigenvalue weighted by atomic mass is 32.2. The Morgan fingerprint density at radius 2 is 2.05 bits per heavy atom. The highest BCUT2D eigenvalue weighted by molar-refractivity contribution is 8.00. The zero-order valence-electron chi connectivity index (χ0n) is 12.4. The van der Waals surface area contributed by atoms with Gasteiger partial charge in [0.2, 0.25) is 5.91 Å². The van der Waals surface area contributed by atoms with Gasteiger partial charge < -0.3 is 10.2 Å². The normalized spacial score (nSPS) is 12.5. The molecule has 0 radical (unpaired) electrons. The van der Waals surface area contributed by atoms with Gasteiger partial charge in [0.25, 0.3) is 0 Å². The summed E-state index contributed by atoms with van der Waals surface area (Å²) >= 11 is 1.60. The SMILES string of the molecule is CNC(C)c1cccc(SCC(=O)N(C)C(C)C)c1. The van der Waals surface area contributed by atoms with Crippen LogP contribution in [-0.4, -0.2) is 36.7 Å². The van der Waals surface area contributed by atoms with Crippen molar-refractivity contribution in [1.82, 2.24) is 10.2 Å². The Balaban J connectivity index is 2.61. The molecule has 0 saturated heterocycles. The highest BCUT2D eigenvalue weighted by Gasteiger charge is 2.12. The van der Waals surface area contributed by atoms with Crippen LogP contribution in [0.25, 0.3) is 0 Å². The summed E-state index contributed by atoms with van der Waals surface area (Å²) in [7, 11) is 3.80. The van der Waals surface area contributed by atoms with Crippen molar-refractivity contribution in [2.75, 3.05) is 19.8 Å². The molecule has 19 heavy (non-hydrogen) atoms. The van der Waals surface area contributed by atoms with E-state index >= 15 is 0 Å². The van der Waals surface area contributed by atoms with Crippen LogP contribution >= 0.6 is 11.8 Å². The minimum Gasteiger partial charge on any atom is -0.343 e. The van der Waals surface area contributed by atoms with Crippen LogP contribution in [0, 0.1) is 0 Å². The van der Waals surface area contributed by atoms with Gasteiger partial charge in [-0.3, -0.25) is 4.79 Å². The Kier molecular flexibility index (Phi) is 6.38. The number of carbonyl (C=O) groups excluding carboxylic acids is 1. The minimum absolute atomic E-state index is 0.173. The lowest BCUT2D eigenvalue weighted by molar-refractivity contribution is -0.128. The van der Waals surface area contributed by atoms with Gasteiger partial charge in [-0.25, -0.2) is 0 Å². The fourth-order valence-electron chi connectivity index (χ4n) is 1.58. The Morgan fingerprint density at radius 1 is 1.37 bits per heavy atom.